The van der Waals surface area contributed by atoms with Gasteiger partial charge in [-0.05, 0) is 0 Å². The number of aliphatic hydroxyl groups excluding tert-OH is 2. The Kier molecular flexibility index (Phi) is 2.46. The van der Waals surface area contributed by atoms with Crippen LogP contribution in [0, 0.1) is 0 Å². The van der Waals surface area contributed by atoms with Gasteiger partial charge in [0.15, 0.2) is 0 Å². The third-order valence-corrected chi connectivity index (χ3v) is 1.90. The summed E-state index contributed by atoms with van der Waals surface area (Å²) in [4.78, 5) is 21.0. The van der Waals surface area contributed by atoms with Crippen LogP contribution in [0.2, 0.25) is 0 Å². The molecule has 0 saturated heterocycles. The second kappa shape index (κ2) is 3.41. The largest absolute Gasteiger partial charge is 0.511 e. The van der Waals surface area contributed by atoms with Gasteiger partial charge >= 0.3 is 11.9 Å². The Morgan fingerprint density at radius 1 is 0.857 bits per heavy atom. The van der Waals surface area contributed by atoms with Crippen molar-refractivity contribution in [2.45, 2.75) is 12.8 Å². The smallest absolute Gasteiger partial charge is 0.335 e. The molecule has 6 nitrogen and oxygen atoms in total. The molecule has 0 heterocycles. The fraction of sp³-hybridized carbons (Fsp3) is 0.250. The van der Waals surface area contributed by atoms with E-state index in [9.17, 15) is 9.59 Å². The molecule has 1 aliphatic rings. The number of aliphatic carboxylic acids is 2. The van der Waals surface area contributed by atoms with Gasteiger partial charge in [0.2, 0.25) is 0 Å². The summed E-state index contributed by atoms with van der Waals surface area (Å²) >= 11 is 0. The van der Waals surface area contributed by atoms with E-state index in [2.05, 4.69) is 0 Å². The van der Waals surface area contributed by atoms with Crippen molar-refractivity contribution >= 4 is 11.9 Å². The Bertz CT molecular complexity index is 326. The van der Waals surface area contributed by atoms with Crippen molar-refractivity contribution in [3.8, 4) is 0 Å². The van der Waals surface area contributed by atoms with Crippen molar-refractivity contribution in [2.75, 3.05) is 0 Å². The quantitative estimate of drug-likeness (QED) is 0.518. The SMILES string of the molecule is O=C(O)C1=C(O)CC(C(=O)O)=C(O)C1. The minimum absolute atomic E-state index is 0.368. The van der Waals surface area contributed by atoms with E-state index in [1.54, 1.807) is 0 Å². The second-order valence-electron chi connectivity index (χ2n) is 2.81. The zero-order valence-corrected chi connectivity index (χ0v) is 7.02. The predicted octanol–water partition coefficient (Wildman–Crippen LogP) is 0.574. The molecule has 0 aromatic heterocycles. The molecule has 0 saturated carbocycles. The molecule has 0 spiro atoms. The summed E-state index contributed by atoms with van der Waals surface area (Å²) < 4.78 is 0. The van der Waals surface area contributed by atoms with Gasteiger partial charge in [-0.25, -0.2) is 9.59 Å². The fourth-order valence-corrected chi connectivity index (χ4v) is 1.15. The van der Waals surface area contributed by atoms with E-state index >= 15 is 0 Å². The summed E-state index contributed by atoms with van der Waals surface area (Å²) in [5, 5.41) is 35.4. The first-order valence-corrected chi connectivity index (χ1v) is 3.72. The summed E-state index contributed by atoms with van der Waals surface area (Å²) in [7, 11) is 0. The van der Waals surface area contributed by atoms with Crippen LogP contribution < -0.4 is 0 Å². The van der Waals surface area contributed by atoms with E-state index in [1.165, 1.54) is 0 Å². The Hall–Kier alpha value is -1.98. The van der Waals surface area contributed by atoms with Crippen molar-refractivity contribution in [1.82, 2.24) is 0 Å². The van der Waals surface area contributed by atoms with Crippen LogP contribution in [0.5, 0.6) is 0 Å². The molecule has 0 bridgehead atoms. The van der Waals surface area contributed by atoms with Gasteiger partial charge in [-0.15, -0.1) is 0 Å². The molecule has 0 radical (unpaired) electrons. The highest BCUT2D eigenvalue weighted by Gasteiger charge is 2.27. The third kappa shape index (κ3) is 1.68. The lowest BCUT2D eigenvalue weighted by Gasteiger charge is -2.14. The molecule has 1 rings (SSSR count). The lowest BCUT2D eigenvalue weighted by molar-refractivity contribution is -0.135. The van der Waals surface area contributed by atoms with Crippen LogP contribution in [0.25, 0.3) is 0 Å². The number of allylic oxidation sites excluding steroid dienone is 2. The Labute approximate surface area is 78.4 Å². The molecular weight excluding hydrogens is 192 g/mol. The van der Waals surface area contributed by atoms with Gasteiger partial charge in [0, 0.05) is 12.8 Å². The van der Waals surface area contributed by atoms with Crippen LogP contribution in [0.4, 0.5) is 0 Å². The van der Waals surface area contributed by atoms with Crippen LogP contribution in [-0.4, -0.2) is 32.4 Å². The second-order valence-corrected chi connectivity index (χ2v) is 2.81. The summed E-state index contributed by atoms with van der Waals surface area (Å²) in [6.45, 7) is 0. The van der Waals surface area contributed by atoms with E-state index in [1.807, 2.05) is 0 Å². The molecule has 0 atom stereocenters. The Morgan fingerprint density at radius 3 is 1.36 bits per heavy atom. The van der Waals surface area contributed by atoms with E-state index in [0.717, 1.165) is 0 Å². The molecule has 0 aromatic rings. The first-order chi connectivity index (χ1) is 6.43. The summed E-state index contributed by atoms with van der Waals surface area (Å²) in [5.74, 6) is -3.77. The predicted molar refractivity (Wildman–Crippen MR) is 43.8 cm³/mol. The standard InChI is InChI=1S/C8H8O6/c9-5-1-3(7(11)12)6(10)2-4(5)8(13)14/h9-10H,1-2H2,(H,11,12)(H,13,14). The number of carboxylic acids is 2. The number of hydrogen-bond donors (Lipinski definition) is 4. The van der Waals surface area contributed by atoms with E-state index in [0.29, 0.717) is 0 Å². The number of carbonyl (C=O) groups is 2. The Morgan fingerprint density at radius 2 is 1.14 bits per heavy atom. The van der Waals surface area contributed by atoms with Gasteiger partial charge in [-0.3, -0.25) is 0 Å². The number of aliphatic hydroxyl groups is 2. The minimum Gasteiger partial charge on any atom is -0.511 e. The monoisotopic (exact) mass is 200 g/mol. The van der Waals surface area contributed by atoms with E-state index in [4.69, 9.17) is 20.4 Å². The third-order valence-electron chi connectivity index (χ3n) is 1.90. The first-order valence-electron chi connectivity index (χ1n) is 3.72. The average Bonchev–Trinajstić information content (AvgIpc) is 2.07. The maximum Gasteiger partial charge on any atom is 0.335 e. The van der Waals surface area contributed by atoms with Crippen molar-refractivity contribution in [3.05, 3.63) is 22.7 Å². The fourth-order valence-electron chi connectivity index (χ4n) is 1.15. The highest BCUT2D eigenvalue weighted by Crippen LogP contribution is 2.27. The number of carboxylic acid groups (broad SMARTS) is 2. The zero-order chi connectivity index (χ0) is 10.9. The topological polar surface area (TPSA) is 115 Å². The first kappa shape index (κ1) is 10.1. The molecule has 4 N–H and O–H groups in total. The summed E-state index contributed by atoms with van der Waals surface area (Å²) in [5.41, 5.74) is -0.736. The molecule has 6 heteroatoms. The summed E-state index contributed by atoms with van der Waals surface area (Å²) in [6.07, 6.45) is -0.911. The highest BCUT2D eigenvalue weighted by molar-refractivity contribution is 5.92. The molecule has 0 amide bonds. The molecule has 76 valence electrons. The van der Waals surface area contributed by atoms with Crippen molar-refractivity contribution in [1.29, 1.82) is 0 Å². The molecule has 0 aromatic carbocycles. The van der Waals surface area contributed by atoms with Gasteiger partial charge in [0.1, 0.15) is 11.5 Å². The van der Waals surface area contributed by atoms with Crippen LogP contribution >= 0.6 is 0 Å². The van der Waals surface area contributed by atoms with Crippen molar-refractivity contribution < 1.29 is 30.0 Å². The van der Waals surface area contributed by atoms with E-state index < -0.39 is 36.3 Å². The maximum absolute atomic E-state index is 10.5. The maximum atomic E-state index is 10.5. The Balaban J connectivity index is 3.01. The summed E-state index contributed by atoms with van der Waals surface area (Å²) in [6, 6.07) is 0. The number of rotatable bonds is 2. The lowest BCUT2D eigenvalue weighted by atomic mass is 9.96. The van der Waals surface area contributed by atoms with Crippen molar-refractivity contribution in [3.63, 3.8) is 0 Å². The van der Waals surface area contributed by atoms with Crippen LogP contribution in [0.1, 0.15) is 12.8 Å². The van der Waals surface area contributed by atoms with Crippen LogP contribution in [-0.2, 0) is 9.59 Å². The van der Waals surface area contributed by atoms with Crippen LogP contribution in [0.15, 0.2) is 22.7 Å². The minimum atomic E-state index is -1.36. The normalized spacial score (nSPS) is 17.1. The molecule has 0 aliphatic heterocycles. The van der Waals surface area contributed by atoms with Gasteiger partial charge in [-0.1, -0.05) is 0 Å². The highest BCUT2D eigenvalue weighted by atomic mass is 16.4. The number of hydrogen-bond acceptors (Lipinski definition) is 4. The average molecular weight is 200 g/mol. The molecule has 14 heavy (non-hydrogen) atoms. The van der Waals surface area contributed by atoms with Crippen molar-refractivity contribution in [2.24, 2.45) is 0 Å². The molecule has 1 aliphatic carbocycles. The lowest BCUT2D eigenvalue weighted by Crippen LogP contribution is -2.16. The molecule has 0 unspecified atom stereocenters. The van der Waals surface area contributed by atoms with Gasteiger partial charge in [0.25, 0.3) is 0 Å². The van der Waals surface area contributed by atoms with Gasteiger partial charge in [-0.2, -0.15) is 0 Å². The van der Waals surface area contributed by atoms with Crippen LogP contribution in [0.3, 0.4) is 0 Å². The van der Waals surface area contributed by atoms with Gasteiger partial charge in [0.05, 0.1) is 11.1 Å². The molecule has 0 fully saturated rings. The molecular formula is C8H8O6. The zero-order valence-electron chi connectivity index (χ0n) is 7.02. The van der Waals surface area contributed by atoms with E-state index in [-0.39, 0.29) is 11.1 Å². The van der Waals surface area contributed by atoms with Gasteiger partial charge < -0.3 is 20.4 Å².